The van der Waals surface area contributed by atoms with Gasteiger partial charge >= 0.3 is 0 Å². The number of carbonyl (C=O) groups is 1. The SMILES string of the molecule is Cc1ccc2[nH]c(=O)cc(C(=O)N(CCO)Cc3ncc[nH]3)c2c1. The largest absolute Gasteiger partial charge is 0.395 e. The Morgan fingerprint density at radius 1 is 1.33 bits per heavy atom. The average Bonchev–Trinajstić information content (AvgIpc) is 3.06. The van der Waals surface area contributed by atoms with Crippen molar-refractivity contribution >= 4 is 16.8 Å². The van der Waals surface area contributed by atoms with Crippen LogP contribution < -0.4 is 5.56 Å². The number of imidazole rings is 1. The average molecular weight is 326 g/mol. The van der Waals surface area contributed by atoms with Crippen LogP contribution in [0.3, 0.4) is 0 Å². The maximum absolute atomic E-state index is 13.0. The van der Waals surface area contributed by atoms with E-state index in [9.17, 15) is 14.7 Å². The van der Waals surface area contributed by atoms with E-state index in [1.807, 2.05) is 19.1 Å². The second kappa shape index (κ2) is 6.67. The number of aromatic amines is 2. The summed E-state index contributed by atoms with van der Waals surface area (Å²) >= 11 is 0. The number of aliphatic hydroxyl groups is 1. The first-order valence-corrected chi connectivity index (χ1v) is 7.60. The van der Waals surface area contributed by atoms with Gasteiger partial charge in [-0.15, -0.1) is 0 Å². The van der Waals surface area contributed by atoms with Gasteiger partial charge in [-0.1, -0.05) is 11.6 Å². The number of carbonyl (C=O) groups excluding carboxylic acids is 1. The number of nitrogens with zero attached hydrogens (tertiary/aromatic N) is 2. The van der Waals surface area contributed by atoms with Crippen molar-refractivity contribution in [1.29, 1.82) is 0 Å². The number of H-pyrrole nitrogens is 2. The molecule has 0 saturated heterocycles. The first kappa shape index (κ1) is 15.9. The topological polar surface area (TPSA) is 102 Å². The van der Waals surface area contributed by atoms with Gasteiger partial charge in [0.2, 0.25) is 5.56 Å². The summed E-state index contributed by atoms with van der Waals surface area (Å²) < 4.78 is 0. The van der Waals surface area contributed by atoms with Crippen molar-refractivity contribution in [3.8, 4) is 0 Å². The number of pyridine rings is 1. The van der Waals surface area contributed by atoms with E-state index in [1.54, 1.807) is 18.5 Å². The molecule has 24 heavy (non-hydrogen) atoms. The Kier molecular flexibility index (Phi) is 4.43. The molecule has 0 aliphatic carbocycles. The van der Waals surface area contributed by atoms with Crippen LogP contribution in [0.15, 0.2) is 41.5 Å². The van der Waals surface area contributed by atoms with E-state index in [4.69, 9.17) is 0 Å². The molecule has 0 unspecified atom stereocenters. The van der Waals surface area contributed by atoms with Crippen LogP contribution in [0, 0.1) is 6.92 Å². The van der Waals surface area contributed by atoms with Gasteiger partial charge in [-0.3, -0.25) is 9.59 Å². The van der Waals surface area contributed by atoms with Gasteiger partial charge in [0.1, 0.15) is 5.82 Å². The maximum Gasteiger partial charge on any atom is 0.255 e. The maximum atomic E-state index is 13.0. The molecule has 0 fully saturated rings. The van der Waals surface area contributed by atoms with Gasteiger partial charge in [0, 0.05) is 35.9 Å². The highest BCUT2D eigenvalue weighted by molar-refractivity contribution is 6.06. The molecule has 0 bridgehead atoms. The number of benzene rings is 1. The van der Waals surface area contributed by atoms with Crippen molar-refractivity contribution in [1.82, 2.24) is 19.9 Å². The van der Waals surface area contributed by atoms with Crippen LogP contribution >= 0.6 is 0 Å². The minimum atomic E-state index is -0.336. The highest BCUT2D eigenvalue weighted by Gasteiger charge is 2.20. The normalized spacial score (nSPS) is 10.9. The Balaban J connectivity index is 2.04. The molecule has 0 radical (unpaired) electrons. The van der Waals surface area contributed by atoms with Crippen LogP contribution in [0.4, 0.5) is 0 Å². The molecule has 3 aromatic rings. The lowest BCUT2D eigenvalue weighted by Crippen LogP contribution is -2.34. The standard InChI is InChI=1S/C17H18N4O3/c1-11-2-3-14-12(8-11)13(9-16(23)20-14)17(24)21(6-7-22)10-15-18-4-5-19-15/h2-5,8-9,22H,6-7,10H2,1H3,(H,18,19)(H,20,23). The number of amides is 1. The molecular formula is C17H18N4O3. The first-order valence-electron chi connectivity index (χ1n) is 7.60. The van der Waals surface area contributed by atoms with Crippen molar-refractivity contribution in [3.05, 3.63) is 64.0 Å². The van der Waals surface area contributed by atoms with E-state index < -0.39 is 0 Å². The fourth-order valence-electron chi connectivity index (χ4n) is 2.65. The molecule has 2 heterocycles. The number of rotatable bonds is 5. The van der Waals surface area contributed by atoms with Crippen molar-refractivity contribution in [2.45, 2.75) is 13.5 Å². The van der Waals surface area contributed by atoms with Gasteiger partial charge in [0.05, 0.1) is 18.7 Å². The fourth-order valence-corrected chi connectivity index (χ4v) is 2.65. The molecule has 7 heteroatoms. The molecule has 3 N–H and O–H groups in total. The molecule has 124 valence electrons. The smallest absolute Gasteiger partial charge is 0.255 e. The lowest BCUT2D eigenvalue weighted by Gasteiger charge is -2.21. The molecule has 1 amide bonds. The van der Waals surface area contributed by atoms with Crippen molar-refractivity contribution in [2.24, 2.45) is 0 Å². The van der Waals surface area contributed by atoms with Crippen molar-refractivity contribution in [2.75, 3.05) is 13.2 Å². The third-order valence-electron chi connectivity index (χ3n) is 3.78. The zero-order chi connectivity index (χ0) is 17.1. The van der Waals surface area contributed by atoms with E-state index >= 15 is 0 Å². The monoisotopic (exact) mass is 326 g/mol. The molecule has 0 atom stereocenters. The van der Waals surface area contributed by atoms with Crippen LogP contribution in [0.2, 0.25) is 0 Å². The third-order valence-corrected chi connectivity index (χ3v) is 3.78. The summed E-state index contributed by atoms with van der Waals surface area (Å²) in [6, 6.07) is 6.83. The minimum absolute atomic E-state index is 0.152. The second-order valence-electron chi connectivity index (χ2n) is 5.58. The zero-order valence-corrected chi connectivity index (χ0v) is 13.2. The van der Waals surface area contributed by atoms with Crippen LogP contribution in [0.1, 0.15) is 21.7 Å². The quantitative estimate of drug-likeness (QED) is 0.655. The Hall–Kier alpha value is -2.93. The van der Waals surface area contributed by atoms with Crippen LogP contribution in [0.5, 0.6) is 0 Å². The Bertz CT molecular complexity index is 915. The summed E-state index contributed by atoms with van der Waals surface area (Å²) in [7, 11) is 0. The van der Waals surface area contributed by atoms with Gasteiger partial charge < -0.3 is 20.0 Å². The van der Waals surface area contributed by atoms with Gasteiger partial charge in [-0.05, 0) is 19.1 Å². The lowest BCUT2D eigenvalue weighted by molar-refractivity contribution is 0.0705. The van der Waals surface area contributed by atoms with Gasteiger partial charge in [0.15, 0.2) is 0 Å². The summed E-state index contributed by atoms with van der Waals surface area (Å²) in [6.07, 6.45) is 3.27. The van der Waals surface area contributed by atoms with Crippen molar-refractivity contribution < 1.29 is 9.90 Å². The molecule has 0 saturated carbocycles. The molecule has 0 aliphatic heterocycles. The zero-order valence-electron chi connectivity index (χ0n) is 13.2. The Morgan fingerprint density at radius 2 is 2.17 bits per heavy atom. The summed E-state index contributed by atoms with van der Waals surface area (Å²) in [5.41, 5.74) is 1.58. The molecule has 0 aliphatic rings. The number of aliphatic hydroxyl groups excluding tert-OH is 1. The fraction of sp³-hybridized carbons (Fsp3) is 0.235. The van der Waals surface area contributed by atoms with Crippen LogP contribution in [0.25, 0.3) is 10.9 Å². The minimum Gasteiger partial charge on any atom is -0.395 e. The summed E-state index contributed by atoms with van der Waals surface area (Å²) in [6.45, 7) is 2.13. The molecule has 1 aromatic carbocycles. The van der Waals surface area contributed by atoms with E-state index in [0.717, 1.165) is 5.56 Å². The number of nitrogens with one attached hydrogen (secondary N) is 2. The summed E-state index contributed by atoms with van der Waals surface area (Å²) in [5, 5.41) is 9.96. The number of fused-ring (bicyclic) bond motifs is 1. The number of hydrogen-bond donors (Lipinski definition) is 3. The molecule has 2 aromatic heterocycles. The molecule has 7 nitrogen and oxygen atoms in total. The van der Waals surface area contributed by atoms with Crippen LogP contribution in [-0.2, 0) is 6.54 Å². The van der Waals surface area contributed by atoms with E-state index in [1.165, 1.54) is 11.0 Å². The number of aryl methyl sites for hydroxylation is 1. The van der Waals surface area contributed by atoms with E-state index in [0.29, 0.717) is 22.3 Å². The summed E-state index contributed by atoms with van der Waals surface area (Å²) in [4.78, 5) is 36.1. The molecule has 0 spiro atoms. The van der Waals surface area contributed by atoms with Gasteiger partial charge in [-0.25, -0.2) is 4.98 Å². The third kappa shape index (κ3) is 3.21. The van der Waals surface area contributed by atoms with Crippen LogP contribution in [-0.4, -0.2) is 44.0 Å². The predicted octanol–water partition coefficient (Wildman–Crippen LogP) is 1.19. The van der Waals surface area contributed by atoms with Gasteiger partial charge in [-0.2, -0.15) is 0 Å². The first-order chi connectivity index (χ1) is 11.6. The summed E-state index contributed by atoms with van der Waals surface area (Å²) in [5.74, 6) is 0.296. The number of aromatic nitrogens is 3. The highest BCUT2D eigenvalue weighted by atomic mass is 16.3. The molecule has 3 rings (SSSR count). The van der Waals surface area contributed by atoms with E-state index in [2.05, 4.69) is 15.0 Å². The van der Waals surface area contributed by atoms with Crippen molar-refractivity contribution in [3.63, 3.8) is 0 Å². The molecular weight excluding hydrogens is 308 g/mol. The Labute approximate surface area is 138 Å². The Morgan fingerprint density at radius 3 is 2.88 bits per heavy atom. The predicted molar refractivity (Wildman–Crippen MR) is 89.7 cm³/mol. The van der Waals surface area contributed by atoms with E-state index in [-0.39, 0.29) is 31.2 Å². The lowest BCUT2D eigenvalue weighted by atomic mass is 10.1. The number of hydrogen-bond acceptors (Lipinski definition) is 4. The highest BCUT2D eigenvalue weighted by Crippen LogP contribution is 2.19. The van der Waals surface area contributed by atoms with Gasteiger partial charge in [0.25, 0.3) is 5.91 Å². The second-order valence-corrected chi connectivity index (χ2v) is 5.58.